The predicted octanol–water partition coefficient (Wildman–Crippen LogP) is 0.989. The Bertz CT molecular complexity index is 417. The molecular formula is C12H22N6O3. The molecule has 1 amide bonds. The van der Waals surface area contributed by atoms with Gasteiger partial charge in [0.1, 0.15) is 6.61 Å². The van der Waals surface area contributed by atoms with Crippen molar-refractivity contribution in [3.05, 3.63) is 0 Å². The molecule has 9 nitrogen and oxygen atoms in total. The van der Waals surface area contributed by atoms with Gasteiger partial charge in [-0.15, -0.1) is 0 Å². The first-order valence-corrected chi connectivity index (χ1v) is 6.94. The van der Waals surface area contributed by atoms with Gasteiger partial charge >= 0.3 is 12.1 Å². The summed E-state index contributed by atoms with van der Waals surface area (Å²) in [6.45, 7) is 5.79. The Kier molecular flexibility index (Phi) is 7.62. The summed E-state index contributed by atoms with van der Waals surface area (Å²) in [4.78, 5) is 22.9. The Morgan fingerprint density at radius 1 is 1.05 bits per heavy atom. The molecule has 9 heteroatoms. The van der Waals surface area contributed by atoms with Gasteiger partial charge in [0.2, 0.25) is 11.9 Å². The van der Waals surface area contributed by atoms with E-state index < -0.39 is 6.09 Å². The third kappa shape index (κ3) is 7.14. The summed E-state index contributed by atoms with van der Waals surface area (Å²) in [5, 5.41) is 5.99. The number of anilines is 2. The number of nitrogens with two attached hydrogens (primary N) is 1. The summed E-state index contributed by atoms with van der Waals surface area (Å²) in [6.07, 6.45) is 0.995. The SMILES string of the molecule is CCCNc1nc(NCCOC(N)=O)nc(OCCC)n1. The molecule has 0 radical (unpaired) electrons. The van der Waals surface area contributed by atoms with Crippen LogP contribution in [0.15, 0.2) is 0 Å². The summed E-state index contributed by atoms with van der Waals surface area (Å²) >= 11 is 0. The predicted molar refractivity (Wildman–Crippen MR) is 78.4 cm³/mol. The van der Waals surface area contributed by atoms with Crippen LogP contribution in [0.5, 0.6) is 6.01 Å². The van der Waals surface area contributed by atoms with E-state index in [1.807, 2.05) is 13.8 Å². The minimum Gasteiger partial charge on any atom is -0.463 e. The van der Waals surface area contributed by atoms with Crippen molar-refractivity contribution in [1.29, 1.82) is 0 Å². The molecule has 4 N–H and O–H groups in total. The first-order valence-electron chi connectivity index (χ1n) is 6.94. The van der Waals surface area contributed by atoms with Crippen LogP contribution in [0.2, 0.25) is 0 Å². The lowest BCUT2D eigenvalue weighted by Gasteiger charge is -2.10. The molecule has 0 fully saturated rings. The molecule has 1 aromatic rings. The third-order valence-corrected chi connectivity index (χ3v) is 2.21. The van der Waals surface area contributed by atoms with E-state index in [4.69, 9.17) is 10.5 Å². The van der Waals surface area contributed by atoms with Crippen LogP contribution in [0.1, 0.15) is 26.7 Å². The Morgan fingerprint density at radius 3 is 2.29 bits per heavy atom. The molecule has 0 aliphatic rings. The number of nitrogens with one attached hydrogen (secondary N) is 2. The molecule has 0 spiro atoms. The summed E-state index contributed by atoms with van der Waals surface area (Å²) in [7, 11) is 0. The zero-order valence-corrected chi connectivity index (χ0v) is 12.4. The number of ether oxygens (including phenoxy) is 2. The maximum Gasteiger partial charge on any atom is 0.404 e. The lowest BCUT2D eigenvalue weighted by molar-refractivity contribution is 0.161. The van der Waals surface area contributed by atoms with E-state index in [2.05, 4.69) is 30.3 Å². The number of carbonyl (C=O) groups is 1. The Hall–Kier alpha value is -2.32. The number of carbonyl (C=O) groups excluding carboxylic acids is 1. The zero-order chi connectivity index (χ0) is 15.5. The highest BCUT2D eigenvalue weighted by Gasteiger charge is 2.07. The van der Waals surface area contributed by atoms with Crippen molar-refractivity contribution >= 4 is 18.0 Å². The second kappa shape index (κ2) is 9.56. The van der Waals surface area contributed by atoms with Crippen molar-refractivity contribution in [3.8, 4) is 6.01 Å². The normalized spacial score (nSPS) is 10.0. The summed E-state index contributed by atoms with van der Waals surface area (Å²) in [5.41, 5.74) is 4.87. The number of hydrogen-bond acceptors (Lipinski definition) is 8. The van der Waals surface area contributed by atoms with Gasteiger partial charge in [-0.25, -0.2) is 4.79 Å². The van der Waals surface area contributed by atoms with Gasteiger partial charge in [0, 0.05) is 6.54 Å². The first kappa shape index (κ1) is 16.7. The summed E-state index contributed by atoms with van der Waals surface area (Å²) in [6, 6.07) is 0.253. The van der Waals surface area contributed by atoms with Crippen LogP contribution in [0, 0.1) is 0 Å². The summed E-state index contributed by atoms with van der Waals surface area (Å²) in [5.74, 6) is 0.791. The van der Waals surface area contributed by atoms with Crippen LogP contribution in [0.25, 0.3) is 0 Å². The molecular weight excluding hydrogens is 276 g/mol. The average molecular weight is 298 g/mol. The van der Waals surface area contributed by atoms with E-state index in [1.165, 1.54) is 0 Å². The highest BCUT2D eigenvalue weighted by Crippen LogP contribution is 2.11. The minimum atomic E-state index is -0.815. The van der Waals surface area contributed by atoms with Crippen LogP contribution in [-0.4, -0.2) is 47.3 Å². The number of primary amides is 1. The van der Waals surface area contributed by atoms with E-state index in [0.717, 1.165) is 19.4 Å². The van der Waals surface area contributed by atoms with Crippen LogP contribution < -0.4 is 21.1 Å². The Morgan fingerprint density at radius 2 is 1.71 bits per heavy atom. The third-order valence-electron chi connectivity index (χ3n) is 2.21. The Balaban J connectivity index is 2.63. The molecule has 0 saturated carbocycles. The molecule has 0 atom stereocenters. The van der Waals surface area contributed by atoms with Gasteiger partial charge in [-0.3, -0.25) is 0 Å². The number of nitrogens with zero attached hydrogens (tertiary/aromatic N) is 3. The quantitative estimate of drug-likeness (QED) is 0.546. The molecule has 1 aromatic heterocycles. The van der Waals surface area contributed by atoms with Gasteiger partial charge in [0.05, 0.1) is 13.2 Å². The Labute approximate surface area is 123 Å². The zero-order valence-electron chi connectivity index (χ0n) is 12.4. The molecule has 0 aromatic carbocycles. The lowest BCUT2D eigenvalue weighted by Crippen LogP contribution is -2.19. The molecule has 1 rings (SSSR count). The summed E-state index contributed by atoms with van der Waals surface area (Å²) < 4.78 is 10.0. The van der Waals surface area contributed by atoms with Crippen molar-refractivity contribution in [2.75, 3.05) is 36.9 Å². The lowest BCUT2D eigenvalue weighted by atomic mass is 10.5. The number of aromatic nitrogens is 3. The van der Waals surface area contributed by atoms with E-state index in [9.17, 15) is 4.79 Å². The first-order chi connectivity index (χ1) is 10.2. The van der Waals surface area contributed by atoms with Crippen LogP contribution in [0.4, 0.5) is 16.7 Å². The van der Waals surface area contributed by atoms with Crippen molar-refractivity contribution in [2.45, 2.75) is 26.7 Å². The molecule has 0 aliphatic carbocycles. The van der Waals surface area contributed by atoms with Crippen molar-refractivity contribution in [3.63, 3.8) is 0 Å². The topological polar surface area (TPSA) is 124 Å². The van der Waals surface area contributed by atoms with E-state index in [1.54, 1.807) is 0 Å². The highest BCUT2D eigenvalue weighted by atomic mass is 16.5. The monoisotopic (exact) mass is 298 g/mol. The number of rotatable bonds is 10. The second-order valence-corrected chi connectivity index (χ2v) is 4.13. The molecule has 118 valence electrons. The smallest absolute Gasteiger partial charge is 0.404 e. The molecule has 21 heavy (non-hydrogen) atoms. The molecule has 0 bridgehead atoms. The van der Waals surface area contributed by atoms with Gasteiger partial charge in [-0.05, 0) is 12.8 Å². The molecule has 0 saturated heterocycles. The van der Waals surface area contributed by atoms with Gasteiger partial charge in [0.15, 0.2) is 0 Å². The van der Waals surface area contributed by atoms with E-state index in [-0.39, 0.29) is 12.6 Å². The van der Waals surface area contributed by atoms with E-state index in [0.29, 0.717) is 25.0 Å². The van der Waals surface area contributed by atoms with Gasteiger partial charge in [0.25, 0.3) is 0 Å². The van der Waals surface area contributed by atoms with Gasteiger partial charge in [-0.2, -0.15) is 15.0 Å². The fraction of sp³-hybridized carbons (Fsp3) is 0.667. The van der Waals surface area contributed by atoms with E-state index >= 15 is 0 Å². The highest BCUT2D eigenvalue weighted by molar-refractivity contribution is 5.64. The second-order valence-electron chi connectivity index (χ2n) is 4.13. The average Bonchev–Trinajstić information content (AvgIpc) is 2.47. The van der Waals surface area contributed by atoms with Crippen molar-refractivity contribution in [1.82, 2.24) is 15.0 Å². The van der Waals surface area contributed by atoms with Crippen molar-refractivity contribution < 1.29 is 14.3 Å². The number of hydrogen-bond donors (Lipinski definition) is 3. The van der Waals surface area contributed by atoms with Crippen LogP contribution in [-0.2, 0) is 4.74 Å². The van der Waals surface area contributed by atoms with Gasteiger partial charge in [-0.1, -0.05) is 13.8 Å². The van der Waals surface area contributed by atoms with Crippen LogP contribution in [0.3, 0.4) is 0 Å². The molecule has 0 aliphatic heterocycles. The maximum absolute atomic E-state index is 10.5. The fourth-order valence-electron chi connectivity index (χ4n) is 1.32. The fourth-order valence-corrected chi connectivity index (χ4v) is 1.32. The molecule has 1 heterocycles. The largest absolute Gasteiger partial charge is 0.463 e. The maximum atomic E-state index is 10.5. The molecule has 0 unspecified atom stereocenters. The standard InChI is InChI=1S/C12H22N6O3/c1-3-5-14-10-16-11(15-6-8-20-9(13)19)18-12(17-10)21-7-4-2/h3-8H2,1-2H3,(H2,13,19)(H2,14,15,16,17,18). The number of amides is 1. The van der Waals surface area contributed by atoms with Crippen LogP contribution >= 0.6 is 0 Å². The van der Waals surface area contributed by atoms with Gasteiger partial charge < -0.3 is 25.8 Å². The van der Waals surface area contributed by atoms with Crippen molar-refractivity contribution in [2.24, 2.45) is 5.73 Å². The minimum absolute atomic E-state index is 0.129.